The summed E-state index contributed by atoms with van der Waals surface area (Å²) in [5.41, 5.74) is 8.48. The molecule has 0 spiro atoms. The Morgan fingerprint density at radius 3 is 2.12 bits per heavy atom. The quantitative estimate of drug-likeness (QED) is 0.400. The first-order chi connectivity index (χ1) is 11.7. The lowest BCUT2D eigenvalue weighted by Gasteiger charge is -1.88. The number of nitrogen functional groups attached to an aromatic ring is 1. The minimum atomic E-state index is 0.223. The zero-order valence-corrected chi connectivity index (χ0v) is 14.1. The summed E-state index contributed by atoms with van der Waals surface area (Å²) in [4.78, 5) is 12.4. The third-order valence-electron chi connectivity index (χ3n) is 3.14. The molecule has 2 aromatic heterocycles. The van der Waals surface area contributed by atoms with Crippen LogP contribution in [0.3, 0.4) is 0 Å². The standard InChI is InChI=1S/C10H10N2OS.C7H6N2O/c1-7(14-2)11-10-12-8-5-3-4-6-9(8)13-10;8-7-9-5-3-1-2-4-6(5)10-7/h3-6H,1-2H3;1-4H,(H2,8,9). The van der Waals surface area contributed by atoms with Crippen molar-refractivity contribution in [3.05, 3.63) is 48.5 Å². The van der Waals surface area contributed by atoms with Gasteiger partial charge in [0.15, 0.2) is 11.2 Å². The highest BCUT2D eigenvalue weighted by molar-refractivity contribution is 8.13. The van der Waals surface area contributed by atoms with Gasteiger partial charge in [-0.2, -0.15) is 15.0 Å². The highest BCUT2D eigenvalue weighted by Gasteiger charge is 2.03. The number of nitrogens with zero attached hydrogens (tertiary/aromatic N) is 3. The molecule has 0 atom stereocenters. The molecule has 4 aromatic rings. The first-order valence-corrected chi connectivity index (χ1v) is 8.44. The lowest BCUT2D eigenvalue weighted by molar-refractivity contribution is 0.614. The number of thioether (sulfide) groups is 1. The smallest absolute Gasteiger partial charge is 0.323 e. The lowest BCUT2D eigenvalue weighted by Crippen LogP contribution is -1.80. The Hall–Kier alpha value is -2.80. The van der Waals surface area contributed by atoms with Crippen molar-refractivity contribution in [3.63, 3.8) is 0 Å². The third kappa shape index (κ3) is 3.75. The number of aliphatic imine (C=N–C) groups is 1. The zero-order chi connectivity index (χ0) is 16.9. The average molecular weight is 340 g/mol. The fourth-order valence-electron chi connectivity index (χ4n) is 1.98. The van der Waals surface area contributed by atoms with Crippen LogP contribution in [-0.2, 0) is 0 Å². The van der Waals surface area contributed by atoms with Crippen molar-refractivity contribution in [1.82, 2.24) is 9.97 Å². The van der Waals surface area contributed by atoms with Gasteiger partial charge in [0.25, 0.3) is 6.01 Å². The summed E-state index contributed by atoms with van der Waals surface area (Å²) in [6.45, 7) is 1.93. The van der Waals surface area contributed by atoms with Gasteiger partial charge in [0, 0.05) is 0 Å². The fourth-order valence-corrected chi connectivity index (χ4v) is 2.15. The van der Waals surface area contributed by atoms with Crippen LogP contribution in [0.2, 0.25) is 0 Å². The maximum Gasteiger partial charge on any atom is 0.323 e. The third-order valence-corrected chi connectivity index (χ3v) is 3.82. The maximum absolute atomic E-state index is 5.43. The van der Waals surface area contributed by atoms with E-state index in [2.05, 4.69) is 15.0 Å². The Bertz CT molecular complexity index is 924. The molecule has 0 fully saturated rings. The molecule has 0 amide bonds. The first kappa shape index (κ1) is 16.1. The van der Waals surface area contributed by atoms with Gasteiger partial charge in [0.2, 0.25) is 0 Å². The van der Waals surface area contributed by atoms with Gasteiger partial charge in [0.1, 0.15) is 11.0 Å². The summed E-state index contributed by atoms with van der Waals surface area (Å²) in [5.74, 6) is 0. The number of anilines is 1. The van der Waals surface area contributed by atoms with Crippen molar-refractivity contribution in [2.45, 2.75) is 6.92 Å². The van der Waals surface area contributed by atoms with E-state index in [1.54, 1.807) is 11.8 Å². The highest BCUT2D eigenvalue weighted by atomic mass is 32.2. The summed E-state index contributed by atoms with van der Waals surface area (Å²) in [5, 5.41) is 0.941. The van der Waals surface area contributed by atoms with E-state index in [4.69, 9.17) is 14.6 Å². The molecule has 0 saturated heterocycles. The van der Waals surface area contributed by atoms with Crippen molar-refractivity contribution in [2.75, 3.05) is 12.0 Å². The van der Waals surface area contributed by atoms with Crippen molar-refractivity contribution < 1.29 is 8.83 Å². The molecule has 0 unspecified atom stereocenters. The van der Waals surface area contributed by atoms with Gasteiger partial charge in [0.05, 0.1) is 5.04 Å². The van der Waals surface area contributed by atoms with E-state index in [1.807, 2.05) is 61.7 Å². The van der Waals surface area contributed by atoms with Crippen molar-refractivity contribution >= 4 is 51.0 Å². The van der Waals surface area contributed by atoms with E-state index < -0.39 is 0 Å². The normalized spacial score (nSPS) is 11.5. The molecule has 0 radical (unpaired) electrons. The zero-order valence-electron chi connectivity index (χ0n) is 13.3. The number of hydrogen-bond acceptors (Lipinski definition) is 7. The Kier molecular flexibility index (Phi) is 4.81. The van der Waals surface area contributed by atoms with E-state index in [9.17, 15) is 0 Å². The molecule has 0 aliphatic rings. The molecule has 2 heterocycles. The average Bonchev–Trinajstić information content (AvgIpc) is 3.16. The van der Waals surface area contributed by atoms with Crippen LogP contribution in [0.15, 0.2) is 62.4 Å². The second-order valence-corrected chi connectivity index (χ2v) is 5.82. The van der Waals surface area contributed by atoms with Gasteiger partial charge >= 0.3 is 6.01 Å². The van der Waals surface area contributed by atoms with Crippen LogP contribution in [0.1, 0.15) is 6.92 Å². The van der Waals surface area contributed by atoms with Crippen molar-refractivity contribution in [3.8, 4) is 0 Å². The molecule has 4 rings (SSSR count). The summed E-state index contributed by atoms with van der Waals surface area (Å²) >= 11 is 1.58. The number of hydrogen-bond donors (Lipinski definition) is 1. The topological polar surface area (TPSA) is 90.4 Å². The molecular formula is C17H16N4O2S. The van der Waals surface area contributed by atoms with E-state index >= 15 is 0 Å². The Balaban J connectivity index is 0.000000149. The molecule has 24 heavy (non-hydrogen) atoms. The van der Waals surface area contributed by atoms with Crippen LogP contribution in [0.4, 0.5) is 12.0 Å². The second kappa shape index (κ2) is 7.18. The van der Waals surface area contributed by atoms with Gasteiger partial charge in [-0.1, -0.05) is 24.3 Å². The van der Waals surface area contributed by atoms with Crippen LogP contribution in [0.5, 0.6) is 0 Å². The first-order valence-electron chi connectivity index (χ1n) is 7.21. The Labute approximate surface area is 142 Å². The molecule has 0 saturated carbocycles. The summed E-state index contributed by atoms with van der Waals surface area (Å²) < 4.78 is 10.5. The van der Waals surface area contributed by atoms with Crippen LogP contribution in [0.25, 0.3) is 22.2 Å². The SMILES string of the molecule is CSC(C)=Nc1nc2ccccc2o1.Nc1nc2ccccc2o1. The number of nitrogens with two attached hydrogens (primary N) is 1. The van der Waals surface area contributed by atoms with E-state index in [0.29, 0.717) is 6.01 Å². The molecule has 2 aromatic carbocycles. The molecule has 0 aliphatic heterocycles. The van der Waals surface area contributed by atoms with Crippen LogP contribution < -0.4 is 5.73 Å². The van der Waals surface area contributed by atoms with Crippen LogP contribution in [-0.4, -0.2) is 21.3 Å². The van der Waals surface area contributed by atoms with Crippen LogP contribution in [0, 0.1) is 0 Å². The summed E-state index contributed by atoms with van der Waals surface area (Å²) in [6.07, 6.45) is 1.97. The molecule has 122 valence electrons. The van der Waals surface area contributed by atoms with E-state index in [0.717, 1.165) is 27.2 Å². The van der Waals surface area contributed by atoms with Crippen molar-refractivity contribution in [2.24, 2.45) is 4.99 Å². The number of benzene rings is 2. The Morgan fingerprint density at radius 1 is 0.958 bits per heavy atom. The molecule has 0 bridgehead atoms. The molecular weight excluding hydrogens is 324 g/mol. The summed E-state index contributed by atoms with van der Waals surface area (Å²) in [7, 11) is 0. The van der Waals surface area contributed by atoms with E-state index in [1.165, 1.54) is 0 Å². The van der Waals surface area contributed by atoms with Gasteiger partial charge < -0.3 is 14.6 Å². The second-order valence-electron chi connectivity index (χ2n) is 4.82. The largest absolute Gasteiger partial charge is 0.424 e. The number of fused-ring (bicyclic) bond motifs is 2. The molecule has 7 heteroatoms. The number of rotatable bonds is 1. The van der Waals surface area contributed by atoms with Crippen LogP contribution >= 0.6 is 11.8 Å². The monoisotopic (exact) mass is 340 g/mol. The number of oxazole rings is 2. The fraction of sp³-hybridized carbons (Fsp3) is 0.118. The minimum Gasteiger partial charge on any atom is -0.424 e. The van der Waals surface area contributed by atoms with E-state index in [-0.39, 0.29) is 6.01 Å². The van der Waals surface area contributed by atoms with Gasteiger partial charge in [-0.25, -0.2) is 0 Å². The predicted molar refractivity (Wildman–Crippen MR) is 98.7 cm³/mol. The molecule has 2 N–H and O–H groups in total. The highest BCUT2D eigenvalue weighted by Crippen LogP contribution is 2.21. The molecule has 0 aliphatic carbocycles. The number of aromatic nitrogens is 2. The van der Waals surface area contributed by atoms with Crippen molar-refractivity contribution in [1.29, 1.82) is 0 Å². The summed E-state index contributed by atoms with van der Waals surface area (Å²) in [6, 6.07) is 15.8. The lowest BCUT2D eigenvalue weighted by atomic mass is 10.3. The Morgan fingerprint density at radius 2 is 1.54 bits per heavy atom. The van der Waals surface area contributed by atoms with Gasteiger partial charge in [-0.05, 0) is 37.4 Å². The maximum atomic E-state index is 5.43. The van der Waals surface area contributed by atoms with Gasteiger partial charge in [-0.3, -0.25) is 0 Å². The van der Waals surface area contributed by atoms with Gasteiger partial charge in [-0.15, -0.1) is 11.8 Å². The predicted octanol–water partition coefficient (Wildman–Crippen LogP) is 4.65. The minimum absolute atomic E-state index is 0.223. The number of para-hydroxylation sites is 4. The molecule has 6 nitrogen and oxygen atoms in total.